The Balaban J connectivity index is 1.20. The number of likely N-dealkylation sites (tertiary alicyclic amines) is 1. The van der Waals surface area contributed by atoms with Crippen LogP contribution in [0.4, 0.5) is 8.78 Å². The number of imide groups is 1. The Kier molecular flexibility index (Phi) is 15.8. The Morgan fingerprint density at radius 3 is 2.41 bits per heavy atom. The number of aromatic nitrogens is 1. The van der Waals surface area contributed by atoms with Gasteiger partial charge in [0.2, 0.25) is 29.5 Å². The van der Waals surface area contributed by atoms with Crippen molar-refractivity contribution < 1.29 is 47.8 Å². The molecule has 2 heterocycles. The van der Waals surface area contributed by atoms with Gasteiger partial charge in [-0.3, -0.25) is 33.7 Å². The predicted molar refractivity (Wildman–Crippen MR) is 224 cm³/mol. The van der Waals surface area contributed by atoms with Crippen molar-refractivity contribution in [1.82, 2.24) is 25.0 Å². The molecule has 2 unspecified atom stereocenters. The number of carboxylic acids is 1. The van der Waals surface area contributed by atoms with Crippen LogP contribution in [0.5, 0.6) is 0 Å². The Labute approximate surface area is 357 Å². The summed E-state index contributed by atoms with van der Waals surface area (Å²) >= 11 is 1.01. The van der Waals surface area contributed by atoms with Gasteiger partial charge in [0.05, 0.1) is 17.3 Å². The van der Waals surface area contributed by atoms with Crippen molar-refractivity contribution in [3.8, 4) is 11.1 Å². The van der Waals surface area contributed by atoms with Gasteiger partial charge in [-0.15, -0.1) is 11.8 Å². The van der Waals surface area contributed by atoms with E-state index in [-0.39, 0.29) is 55.7 Å². The van der Waals surface area contributed by atoms with Crippen molar-refractivity contribution in [3.63, 3.8) is 0 Å². The van der Waals surface area contributed by atoms with Gasteiger partial charge in [-0.1, -0.05) is 51.1 Å². The number of carbonyl (C=O) groups is 6. The smallest absolute Gasteiger partial charge is 0.321 e. The number of halogens is 2. The number of aliphatic carboxylic acids is 1. The molecule has 8 N–H and O–H groups in total. The van der Waals surface area contributed by atoms with E-state index in [2.05, 4.69) is 10.6 Å². The lowest BCUT2D eigenvalue weighted by molar-refractivity contribution is -0.140. The van der Waals surface area contributed by atoms with Gasteiger partial charge in [0.15, 0.2) is 0 Å². The van der Waals surface area contributed by atoms with E-state index in [1.165, 1.54) is 4.90 Å². The number of aliphatic hydroxyl groups is 1. The van der Waals surface area contributed by atoms with Crippen LogP contribution in [-0.2, 0) is 35.3 Å². The summed E-state index contributed by atoms with van der Waals surface area (Å²) in [5, 5.41) is 24.1. The summed E-state index contributed by atoms with van der Waals surface area (Å²) in [6, 6.07) is 11.1. The minimum atomic E-state index is -1.20. The van der Waals surface area contributed by atoms with E-state index in [0.717, 1.165) is 40.4 Å². The third-order valence-electron chi connectivity index (χ3n) is 11.0. The molecule has 0 bridgehead atoms. The Bertz CT molecular complexity index is 2080. The van der Waals surface area contributed by atoms with Crippen molar-refractivity contribution in [2.45, 2.75) is 88.8 Å². The summed E-state index contributed by atoms with van der Waals surface area (Å²) in [5.41, 5.74) is 13.2. The fourth-order valence-corrected chi connectivity index (χ4v) is 9.03. The topological polar surface area (TPSA) is 230 Å². The molecule has 1 aliphatic carbocycles. The second kappa shape index (κ2) is 20.6. The van der Waals surface area contributed by atoms with E-state index in [1.807, 2.05) is 55.7 Å². The van der Waals surface area contributed by atoms with Crippen LogP contribution in [0, 0.1) is 23.0 Å². The number of carbonyl (C=O) groups excluding carboxylic acids is 5. The molecule has 5 rings (SSSR count). The summed E-state index contributed by atoms with van der Waals surface area (Å²) in [6.45, 7) is 5.24. The van der Waals surface area contributed by atoms with Gasteiger partial charge in [-0.2, -0.15) is 0 Å². The average Bonchev–Trinajstić information content (AvgIpc) is 3.92. The van der Waals surface area contributed by atoms with Crippen LogP contribution in [0.2, 0.25) is 0 Å². The van der Waals surface area contributed by atoms with Gasteiger partial charge in [0, 0.05) is 73.3 Å². The van der Waals surface area contributed by atoms with Crippen LogP contribution >= 0.6 is 11.8 Å². The molecule has 330 valence electrons. The maximum Gasteiger partial charge on any atom is 0.321 e. The zero-order chi connectivity index (χ0) is 44.6. The summed E-state index contributed by atoms with van der Waals surface area (Å²) in [5.74, 6) is -5.13. The van der Waals surface area contributed by atoms with Crippen molar-refractivity contribution in [1.29, 1.82) is 0 Å². The van der Waals surface area contributed by atoms with Crippen molar-refractivity contribution >= 4 is 47.3 Å². The number of rotatable bonds is 19. The van der Waals surface area contributed by atoms with Crippen molar-refractivity contribution in [3.05, 3.63) is 83.7 Å². The largest absolute Gasteiger partial charge is 0.480 e. The summed E-state index contributed by atoms with van der Waals surface area (Å²) in [4.78, 5) is 78.7. The van der Waals surface area contributed by atoms with Crippen molar-refractivity contribution in [2.24, 2.45) is 22.8 Å². The normalized spacial score (nSPS) is 19.4. The van der Waals surface area contributed by atoms with Gasteiger partial charge in [-0.05, 0) is 60.9 Å². The third kappa shape index (κ3) is 12.0. The second-order valence-electron chi connectivity index (χ2n) is 16.7. The molecule has 15 nitrogen and oxygen atoms in total. The van der Waals surface area contributed by atoms with E-state index in [0.29, 0.717) is 37.1 Å². The van der Waals surface area contributed by atoms with Crippen LogP contribution in [0.25, 0.3) is 11.1 Å². The van der Waals surface area contributed by atoms with E-state index < -0.39 is 82.5 Å². The monoisotopic (exact) mass is 867 g/mol. The third-order valence-corrected chi connectivity index (χ3v) is 12.4. The van der Waals surface area contributed by atoms with Crippen LogP contribution in [0.1, 0.15) is 70.2 Å². The number of nitrogens with one attached hydrogen (secondary N) is 2. The number of carboxylic acid groups (broad SMARTS) is 1. The lowest BCUT2D eigenvalue weighted by Crippen LogP contribution is -2.49. The van der Waals surface area contributed by atoms with E-state index in [9.17, 15) is 38.3 Å². The number of nitrogens with zero attached hydrogens (tertiary/aromatic N) is 3. The first kappa shape index (κ1) is 46.9. The van der Waals surface area contributed by atoms with Crippen LogP contribution < -0.4 is 22.1 Å². The number of hydrogen-bond acceptors (Lipinski definition) is 10. The SMILES string of the molecule is CC(C)(C)[C@H](c1cc(-c2cc(F)ccc2F)cn1Cc1ccccc1)N(CC[C@H](N)C(=O)N[C@H]1CC[C@@H](C(=O)NCCN2C(=O)CC(SCC(N)C(=O)O)C2=O)C1)C(=O)CO. The molecule has 1 saturated heterocycles. The summed E-state index contributed by atoms with van der Waals surface area (Å²) in [6.07, 6.45) is 2.97. The number of hydrogen-bond donors (Lipinski definition) is 6. The molecule has 18 heteroatoms. The molecule has 1 aliphatic heterocycles. The van der Waals surface area contributed by atoms with E-state index >= 15 is 4.39 Å². The highest BCUT2D eigenvalue weighted by atomic mass is 32.2. The lowest BCUT2D eigenvalue weighted by atomic mass is 9.82. The van der Waals surface area contributed by atoms with Gasteiger partial charge in [-0.25, -0.2) is 8.78 Å². The fourth-order valence-electron chi connectivity index (χ4n) is 7.91. The van der Waals surface area contributed by atoms with Crippen LogP contribution in [0.3, 0.4) is 0 Å². The molecular weight excluding hydrogens is 813 g/mol. The molecule has 1 aromatic heterocycles. The highest BCUT2D eigenvalue weighted by Gasteiger charge is 2.40. The van der Waals surface area contributed by atoms with Gasteiger partial charge >= 0.3 is 5.97 Å². The fraction of sp³-hybridized carbons (Fsp3) is 0.488. The minimum absolute atomic E-state index is 0.0191. The number of nitrogens with two attached hydrogens (primary N) is 2. The van der Waals surface area contributed by atoms with Crippen LogP contribution in [0.15, 0.2) is 60.8 Å². The Hall–Kier alpha value is -5.17. The van der Waals surface area contributed by atoms with Crippen molar-refractivity contribution in [2.75, 3.05) is 32.0 Å². The molecule has 2 aliphatic rings. The highest BCUT2D eigenvalue weighted by Crippen LogP contribution is 2.41. The molecule has 2 aromatic carbocycles. The minimum Gasteiger partial charge on any atom is -0.480 e. The van der Waals surface area contributed by atoms with Gasteiger partial charge in [0.1, 0.15) is 24.3 Å². The second-order valence-corrected chi connectivity index (χ2v) is 17.9. The first-order valence-electron chi connectivity index (χ1n) is 20.3. The number of aliphatic hydroxyl groups excluding tert-OH is 1. The lowest BCUT2D eigenvalue weighted by Gasteiger charge is -2.41. The standard InChI is InChI=1S/C43H55F2N7O8S/c1-43(2,3)38(34-18-27(30-19-28(44)10-12-31(30)45)22-50(34)21-25-7-5-4-6-8-25)51(37(55)23-53)15-13-32(46)40(57)49-29-11-9-26(17-29)39(56)48-14-16-52-36(54)20-35(41(52)58)61-24-33(47)42(59)60/h4-8,10,12,18-19,22,26,29,32-33,35,38,53H,9,11,13-17,20-21,23-24,46-47H2,1-3H3,(H,48,56)(H,49,57)(H,59,60)/t26-,29+,32+,33?,35?,38+/m1/s1. The maximum absolute atomic E-state index is 15.1. The van der Waals surface area contributed by atoms with E-state index in [1.54, 1.807) is 12.3 Å². The molecule has 61 heavy (non-hydrogen) atoms. The molecular formula is C43H55F2N7O8S. The quantitative estimate of drug-likeness (QED) is 0.0960. The zero-order valence-electron chi connectivity index (χ0n) is 34.5. The van der Waals surface area contributed by atoms with Crippen LogP contribution in [-0.4, -0.2) is 115 Å². The van der Waals surface area contributed by atoms with Gasteiger partial charge < -0.3 is 41.8 Å². The highest BCUT2D eigenvalue weighted by molar-refractivity contribution is 8.00. The molecule has 6 atom stereocenters. The maximum atomic E-state index is 15.1. The first-order chi connectivity index (χ1) is 28.9. The Morgan fingerprint density at radius 1 is 1.02 bits per heavy atom. The molecule has 1 saturated carbocycles. The summed E-state index contributed by atoms with van der Waals surface area (Å²) < 4.78 is 31.3. The number of amides is 5. The van der Waals surface area contributed by atoms with E-state index in [4.69, 9.17) is 16.6 Å². The summed E-state index contributed by atoms with van der Waals surface area (Å²) in [7, 11) is 0. The predicted octanol–water partition coefficient (Wildman–Crippen LogP) is 2.78. The zero-order valence-corrected chi connectivity index (χ0v) is 35.3. The molecule has 0 radical (unpaired) electrons. The Morgan fingerprint density at radius 2 is 1.74 bits per heavy atom. The molecule has 3 aromatic rings. The first-order valence-corrected chi connectivity index (χ1v) is 21.3. The average molecular weight is 868 g/mol. The van der Waals surface area contributed by atoms with Gasteiger partial charge in [0.25, 0.3) is 0 Å². The number of thioether (sulfide) groups is 1. The number of benzene rings is 2. The molecule has 5 amide bonds. The molecule has 2 fully saturated rings. The molecule has 0 spiro atoms.